The molecule has 6 heteroatoms. The van der Waals surface area contributed by atoms with E-state index in [1.807, 2.05) is 0 Å². The lowest BCUT2D eigenvalue weighted by molar-refractivity contribution is 0.109. The first-order valence-electron chi connectivity index (χ1n) is 4.97. The van der Waals surface area contributed by atoms with Crippen molar-refractivity contribution in [2.45, 2.75) is 13.0 Å². The zero-order valence-corrected chi connectivity index (χ0v) is 9.35. The van der Waals surface area contributed by atoms with Gasteiger partial charge in [-0.1, -0.05) is 5.16 Å². The van der Waals surface area contributed by atoms with Gasteiger partial charge in [0.05, 0.1) is 5.56 Å². The number of aromatic nitrogens is 2. The van der Waals surface area contributed by atoms with Crippen LogP contribution in [0.25, 0.3) is 11.5 Å². The Hall–Kier alpha value is -1.95. The van der Waals surface area contributed by atoms with Gasteiger partial charge < -0.3 is 14.4 Å². The molecule has 1 aromatic carbocycles. The molecule has 0 amide bonds. The molecule has 0 aliphatic heterocycles. The van der Waals surface area contributed by atoms with Gasteiger partial charge in [0.2, 0.25) is 5.82 Å². The number of hydrogen-bond acceptors (Lipinski definition) is 5. The average molecular weight is 238 g/mol. The highest BCUT2D eigenvalue weighted by molar-refractivity contribution is 5.61. The van der Waals surface area contributed by atoms with Crippen molar-refractivity contribution in [3.8, 4) is 17.2 Å². The molecule has 0 aliphatic rings. The number of hydrogen-bond donors (Lipinski definition) is 1. The predicted molar refractivity (Wildman–Crippen MR) is 56.8 cm³/mol. The van der Waals surface area contributed by atoms with E-state index in [0.717, 1.165) is 6.07 Å². The predicted octanol–water partition coefficient (Wildman–Crippen LogP) is 2.29. The van der Waals surface area contributed by atoms with E-state index in [9.17, 15) is 9.50 Å². The zero-order valence-electron chi connectivity index (χ0n) is 9.35. The van der Waals surface area contributed by atoms with E-state index in [0.29, 0.717) is 5.82 Å². The molecular formula is C11H11FN2O3. The van der Waals surface area contributed by atoms with Crippen molar-refractivity contribution in [1.29, 1.82) is 0 Å². The number of halogens is 1. The van der Waals surface area contributed by atoms with Crippen LogP contribution in [0.2, 0.25) is 0 Å². The first-order chi connectivity index (χ1) is 8.11. The maximum absolute atomic E-state index is 12.8. The second-order valence-electron chi connectivity index (χ2n) is 3.50. The third-order valence-corrected chi connectivity index (χ3v) is 2.35. The van der Waals surface area contributed by atoms with Gasteiger partial charge in [-0.3, -0.25) is 0 Å². The summed E-state index contributed by atoms with van der Waals surface area (Å²) in [6.07, 6.45) is -0.310. The number of benzene rings is 1. The monoisotopic (exact) mass is 238 g/mol. The quantitative estimate of drug-likeness (QED) is 0.888. The Labute approximate surface area is 96.8 Å². The summed E-state index contributed by atoms with van der Waals surface area (Å²) in [5.74, 6) is -0.283. The molecule has 0 fully saturated rings. The highest BCUT2D eigenvalue weighted by atomic mass is 19.1. The molecule has 1 heterocycles. The van der Waals surface area contributed by atoms with Crippen molar-refractivity contribution in [2.24, 2.45) is 0 Å². The summed E-state index contributed by atoms with van der Waals surface area (Å²) < 4.78 is 22.8. The SMILES string of the molecule is COC(C)c1noc(-c2ccc(F)cc2O)n1. The minimum absolute atomic E-state index is 0.126. The molecule has 1 unspecified atom stereocenters. The van der Waals surface area contributed by atoms with Crippen LogP contribution in [0.5, 0.6) is 5.75 Å². The van der Waals surface area contributed by atoms with Crippen LogP contribution in [0, 0.1) is 5.82 Å². The van der Waals surface area contributed by atoms with Crippen LogP contribution in [0.1, 0.15) is 18.9 Å². The Bertz CT molecular complexity index is 527. The minimum atomic E-state index is -0.531. The molecule has 0 bridgehead atoms. The third kappa shape index (κ3) is 2.26. The van der Waals surface area contributed by atoms with Crippen LogP contribution in [0.3, 0.4) is 0 Å². The molecule has 17 heavy (non-hydrogen) atoms. The van der Waals surface area contributed by atoms with Gasteiger partial charge in [0.1, 0.15) is 17.7 Å². The topological polar surface area (TPSA) is 68.4 Å². The van der Waals surface area contributed by atoms with Gasteiger partial charge in [-0.2, -0.15) is 4.98 Å². The van der Waals surface area contributed by atoms with Crippen LogP contribution >= 0.6 is 0 Å². The Morgan fingerprint density at radius 3 is 2.88 bits per heavy atom. The Balaban J connectivity index is 2.37. The van der Waals surface area contributed by atoms with Crippen LogP contribution in [0.4, 0.5) is 4.39 Å². The Morgan fingerprint density at radius 2 is 2.24 bits per heavy atom. The molecule has 0 radical (unpaired) electrons. The summed E-state index contributed by atoms with van der Waals surface area (Å²) in [6.45, 7) is 1.76. The van der Waals surface area contributed by atoms with Gasteiger partial charge in [-0.05, 0) is 19.1 Å². The van der Waals surface area contributed by atoms with E-state index in [-0.39, 0.29) is 23.3 Å². The van der Waals surface area contributed by atoms with Gasteiger partial charge in [0, 0.05) is 13.2 Å². The average Bonchev–Trinajstić information content (AvgIpc) is 2.77. The van der Waals surface area contributed by atoms with E-state index in [1.165, 1.54) is 19.2 Å². The van der Waals surface area contributed by atoms with E-state index >= 15 is 0 Å². The lowest BCUT2D eigenvalue weighted by atomic mass is 10.2. The second kappa shape index (κ2) is 4.50. The molecule has 2 rings (SSSR count). The van der Waals surface area contributed by atoms with Crippen LogP contribution < -0.4 is 0 Å². The van der Waals surface area contributed by atoms with Crippen molar-refractivity contribution < 1.29 is 18.8 Å². The fourth-order valence-electron chi connectivity index (χ4n) is 1.30. The zero-order chi connectivity index (χ0) is 12.4. The van der Waals surface area contributed by atoms with Crippen molar-refractivity contribution in [2.75, 3.05) is 7.11 Å². The second-order valence-corrected chi connectivity index (χ2v) is 3.50. The summed E-state index contributed by atoms with van der Waals surface area (Å²) in [4.78, 5) is 4.06. The highest BCUT2D eigenvalue weighted by Gasteiger charge is 2.16. The standard InChI is InChI=1S/C11H11FN2O3/c1-6(16-2)10-13-11(17-14-10)8-4-3-7(12)5-9(8)15/h3-6,15H,1-2H3. The van der Waals surface area contributed by atoms with Crippen LogP contribution in [0.15, 0.2) is 22.7 Å². The van der Waals surface area contributed by atoms with Gasteiger partial charge in [-0.15, -0.1) is 0 Å². The van der Waals surface area contributed by atoms with E-state index in [2.05, 4.69) is 10.1 Å². The summed E-state index contributed by atoms with van der Waals surface area (Å²) in [6, 6.07) is 3.57. The first kappa shape index (κ1) is 11.5. The number of ether oxygens (including phenoxy) is 1. The van der Waals surface area contributed by atoms with Crippen molar-refractivity contribution in [3.05, 3.63) is 29.8 Å². The van der Waals surface area contributed by atoms with Gasteiger partial charge in [0.15, 0.2) is 0 Å². The molecule has 0 spiro atoms. The number of rotatable bonds is 3. The maximum Gasteiger partial charge on any atom is 0.261 e. The summed E-state index contributed by atoms with van der Waals surface area (Å²) in [7, 11) is 1.52. The molecule has 90 valence electrons. The number of phenolic OH excluding ortho intramolecular Hbond substituents is 1. The van der Waals surface area contributed by atoms with E-state index in [1.54, 1.807) is 6.92 Å². The van der Waals surface area contributed by atoms with E-state index < -0.39 is 5.82 Å². The van der Waals surface area contributed by atoms with Crippen LogP contribution in [-0.4, -0.2) is 22.4 Å². The van der Waals surface area contributed by atoms with Gasteiger partial charge >= 0.3 is 0 Å². The number of aromatic hydroxyl groups is 1. The summed E-state index contributed by atoms with van der Waals surface area (Å²) >= 11 is 0. The largest absolute Gasteiger partial charge is 0.507 e. The Morgan fingerprint density at radius 1 is 1.47 bits per heavy atom. The fourth-order valence-corrected chi connectivity index (χ4v) is 1.30. The molecule has 1 atom stereocenters. The molecule has 2 aromatic rings. The normalized spacial score (nSPS) is 12.6. The first-order valence-corrected chi connectivity index (χ1v) is 4.97. The lowest BCUT2D eigenvalue weighted by Crippen LogP contribution is -1.97. The number of methoxy groups -OCH3 is 1. The molecule has 1 N–H and O–H groups in total. The number of phenols is 1. The minimum Gasteiger partial charge on any atom is -0.507 e. The van der Waals surface area contributed by atoms with Crippen molar-refractivity contribution in [1.82, 2.24) is 10.1 Å². The molecular weight excluding hydrogens is 227 g/mol. The van der Waals surface area contributed by atoms with Crippen LogP contribution in [-0.2, 0) is 4.74 Å². The van der Waals surface area contributed by atoms with Gasteiger partial charge in [-0.25, -0.2) is 4.39 Å². The summed E-state index contributed by atoms with van der Waals surface area (Å²) in [5.41, 5.74) is 0.286. The molecule has 0 aliphatic carbocycles. The number of nitrogens with zero attached hydrogens (tertiary/aromatic N) is 2. The van der Waals surface area contributed by atoms with Crippen molar-refractivity contribution >= 4 is 0 Å². The van der Waals surface area contributed by atoms with E-state index in [4.69, 9.17) is 9.26 Å². The molecule has 0 saturated heterocycles. The smallest absolute Gasteiger partial charge is 0.261 e. The lowest BCUT2D eigenvalue weighted by Gasteiger charge is -2.01. The van der Waals surface area contributed by atoms with Crippen molar-refractivity contribution in [3.63, 3.8) is 0 Å². The molecule has 5 nitrogen and oxygen atoms in total. The highest BCUT2D eigenvalue weighted by Crippen LogP contribution is 2.29. The third-order valence-electron chi connectivity index (χ3n) is 2.35. The molecule has 1 aromatic heterocycles. The fraction of sp³-hybridized carbons (Fsp3) is 0.273. The van der Waals surface area contributed by atoms with Gasteiger partial charge in [0.25, 0.3) is 5.89 Å². The maximum atomic E-state index is 12.8. The molecule has 0 saturated carbocycles. The summed E-state index contributed by atoms with van der Waals surface area (Å²) in [5, 5.41) is 13.3. The Kier molecular flexibility index (Phi) is 3.06.